The summed E-state index contributed by atoms with van der Waals surface area (Å²) in [6, 6.07) is 7.68. The van der Waals surface area contributed by atoms with E-state index in [0.29, 0.717) is 28.3 Å². The molecule has 0 saturated heterocycles. The fraction of sp³-hybridized carbons (Fsp3) is 0.143. The van der Waals surface area contributed by atoms with Crippen LogP contribution in [0.25, 0.3) is 22.6 Å². The highest BCUT2D eigenvalue weighted by atomic mass is 32.2. The van der Waals surface area contributed by atoms with Gasteiger partial charge in [0.15, 0.2) is 5.65 Å². The first-order valence-electron chi connectivity index (χ1n) is 6.49. The molecule has 0 aliphatic heterocycles. The summed E-state index contributed by atoms with van der Waals surface area (Å²) < 4.78 is 32.3. The molecular weight excluding hydrogens is 322 g/mol. The fourth-order valence-electron chi connectivity index (χ4n) is 2.08. The highest BCUT2D eigenvalue weighted by molar-refractivity contribution is 7.86. The number of phenolic OH excluding ortho intramolecular Hbond substituents is 1. The number of rotatable bonds is 4. The number of hydrogen-bond donors (Lipinski definition) is 2. The zero-order valence-corrected chi connectivity index (χ0v) is 13.1. The summed E-state index contributed by atoms with van der Waals surface area (Å²) in [5.74, 6) is 0.928. The maximum absolute atomic E-state index is 11.1. The molecule has 8 nitrogen and oxygen atoms in total. The van der Waals surface area contributed by atoms with Crippen LogP contribution >= 0.6 is 0 Å². The van der Waals surface area contributed by atoms with Crippen molar-refractivity contribution in [3.05, 3.63) is 30.3 Å². The summed E-state index contributed by atoms with van der Waals surface area (Å²) in [7, 11) is -2.17. The average Bonchev–Trinajstić information content (AvgIpc) is 2.88. The van der Waals surface area contributed by atoms with Gasteiger partial charge in [-0.3, -0.25) is 0 Å². The maximum atomic E-state index is 11.1. The van der Waals surface area contributed by atoms with Crippen LogP contribution < -0.4 is 8.92 Å². The molecule has 0 saturated carbocycles. The molecule has 1 aromatic carbocycles. The van der Waals surface area contributed by atoms with Gasteiger partial charge in [-0.05, 0) is 18.2 Å². The summed E-state index contributed by atoms with van der Waals surface area (Å²) in [5.41, 5.74) is 1.54. The van der Waals surface area contributed by atoms with Crippen LogP contribution in [0.2, 0.25) is 0 Å². The van der Waals surface area contributed by atoms with E-state index in [4.69, 9.17) is 8.92 Å². The zero-order chi connectivity index (χ0) is 16.6. The topological polar surface area (TPSA) is 114 Å². The molecule has 0 fully saturated rings. The number of aromatic nitrogens is 3. The van der Waals surface area contributed by atoms with Crippen molar-refractivity contribution in [2.24, 2.45) is 0 Å². The van der Waals surface area contributed by atoms with Crippen LogP contribution in [-0.2, 0) is 10.1 Å². The highest BCUT2D eigenvalue weighted by Crippen LogP contribution is 2.32. The lowest BCUT2D eigenvalue weighted by atomic mass is 10.2. The Balaban J connectivity index is 2.07. The van der Waals surface area contributed by atoms with Crippen LogP contribution in [0.4, 0.5) is 0 Å². The molecular formula is C14H13N3O5S. The number of phenols is 1. The van der Waals surface area contributed by atoms with E-state index in [-0.39, 0.29) is 11.6 Å². The van der Waals surface area contributed by atoms with E-state index in [9.17, 15) is 13.5 Å². The van der Waals surface area contributed by atoms with Crippen molar-refractivity contribution in [2.45, 2.75) is 0 Å². The number of nitrogens with zero attached hydrogens (tertiary/aromatic N) is 2. The van der Waals surface area contributed by atoms with Crippen molar-refractivity contribution < 1.29 is 22.4 Å². The number of hydrogen-bond acceptors (Lipinski definition) is 7. The second-order valence-electron chi connectivity index (χ2n) is 4.78. The molecule has 9 heteroatoms. The van der Waals surface area contributed by atoms with Gasteiger partial charge in [-0.1, -0.05) is 0 Å². The third-order valence-corrected chi connectivity index (χ3v) is 3.47. The number of ether oxygens (including phenoxy) is 1. The molecule has 0 bridgehead atoms. The van der Waals surface area contributed by atoms with Crippen LogP contribution in [0, 0.1) is 0 Å². The standard InChI is InChI=1S/C14H13N3O5S/c1-21-11-7-8(18)3-4-9(11)13-15-10-5-6-12(16-14(10)17-13)22-23(2,19)20/h3-7,18H,1-2H3,(H,15,16,17). The van der Waals surface area contributed by atoms with Gasteiger partial charge in [-0.25, -0.2) is 4.98 Å². The second-order valence-corrected chi connectivity index (χ2v) is 6.35. The van der Waals surface area contributed by atoms with Crippen LogP contribution in [0.3, 0.4) is 0 Å². The van der Waals surface area contributed by atoms with E-state index in [1.165, 1.54) is 25.3 Å². The number of aromatic amines is 1. The number of benzene rings is 1. The van der Waals surface area contributed by atoms with E-state index in [0.717, 1.165) is 6.26 Å². The van der Waals surface area contributed by atoms with E-state index in [2.05, 4.69) is 15.0 Å². The molecule has 0 spiro atoms. The van der Waals surface area contributed by atoms with Crippen molar-refractivity contribution in [2.75, 3.05) is 13.4 Å². The Morgan fingerprint density at radius 1 is 1.17 bits per heavy atom. The van der Waals surface area contributed by atoms with Gasteiger partial charge in [0.05, 0.1) is 24.4 Å². The predicted molar refractivity (Wildman–Crippen MR) is 83.0 cm³/mol. The minimum atomic E-state index is -3.65. The van der Waals surface area contributed by atoms with Crippen LogP contribution in [0.5, 0.6) is 17.4 Å². The molecule has 0 atom stereocenters. The van der Waals surface area contributed by atoms with Crippen molar-refractivity contribution in [3.8, 4) is 28.8 Å². The minimum Gasteiger partial charge on any atom is -0.508 e. The first-order valence-corrected chi connectivity index (χ1v) is 8.31. The molecule has 3 aromatic rings. The van der Waals surface area contributed by atoms with Gasteiger partial charge in [-0.15, -0.1) is 0 Å². The third-order valence-electron chi connectivity index (χ3n) is 3.00. The summed E-state index contributed by atoms with van der Waals surface area (Å²) >= 11 is 0. The number of imidazole rings is 1. The van der Waals surface area contributed by atoms with Crippen molar-refractivity contribution in [3.63, 3.8) is 0 Å². The Hall–Kier alpha value is -2.81. The van der Waals surface area contributed by atoms with Crippen LogP contribution in [0.15, 0.2) is 30.3 Å². The SMILES string of the molecule is COc1cc(O)ccc1-c1nc2nc(OS(C)(=O)=O)ccc2[nH]1. The number of nitrogens with one attached hydrogen (secondary N) is 1. The highest BCUT2D eigenvalue weighted by Gasteiger charge is 2.14. The first kappa shape index (κ1) is 15.1. The quantitative estimate of drug-likeness (QED) is 0.697. The van der Waals surface area contributed by atoms with Gasteiger partial charge in [0, 0.05) is 12.1 Å². The number of methoxy groups -OCH3 is 1. The average molecular weight is 335 g/mol. The van der Waals surface area contributed by atoms with Gasteiger partial charge in [0.1, 0.15) is 17.3 Å². The molecule has 2 aromatic heterocycles. The van der Waals surface area contributed by atoms with Gasteiger partial charge in [0.25, 0.3) is 0 Å². The van der Waals surface area contributed by atoms with Gasteiger partial charge < -0.3 is 19.0 Å². The third kappa shape index (κ3) is 3.19. The minimum absolute atomic E-state index is 0.0595. The number of aromatic hydroxyl groups is 1. The predicted octanol–water partition coefficient (Wildman–Crippen LogP) is 1.68. The lowest BCUT2D eigenvalue weighted by Crippen LogP contribution is -2.06. The Morgan fingerprint density at radius 3 is 2.65 bits per heavy atom. The molecule has 23 heavy (non-hydrogen) atoms. The lowest BCUT2D eigenvalue weighted by molar-refractivity contribution is 0.409. The Kier molecular flexibility index (Phi) is 3.57. The molecule has 3 rings (SSSR count). The van der Waals surface area contributed by atoms with Crippen LogP contribution in [0.1, 0.15) is 0 Å². The molecule has 0 aliphatic rings. The number of fused-ring (bicyclic) bond motifs is 1. The molecule has 120 valence electrons. The fourth-order valence-corrected chi connectivity index (χ4v) is 2.48. The monoisotopic (exact) mass is 335 g/mol. The van der Waals surface area contributed by atoms with Crippen molar-refractivity contribution in [1.29, 1.82) is 0 Å². The normalized spacial score (nSPS) is 11.6. The van der Waals surface area contributed by atoms with E-state index >= 15 is 0 Å². The van der Waals surface area contributed by atoms with Gasteiger partial charge >= 0.3 is 10.1 Å². The maximum Gasteiger partial charge on any atom is 0.307 e. The van der Waals surface area contributed by atoms with Gasteiger partial charge in [0.2, 0.25) is 5.88 Å². The first-order chi connectivity index (χ1) is 10.9. The molecule has 0 amide bonds. The Bertz CT molecular complexity index is 981. The van der Waals surface area contributed by atoms with Gasteiger partial charge in [-0.2, -0.15) is 13.4 Å². The molecule has 2 N–H and O–H groups in total. The van der Waals surface area contributed by atoms with Crippen molar-refractivity contribution in [1.82, 2.24) is 15.0 Å². The summed E-state index contributed by atoms with van der Waals surface area (Å²) in [4.78, 5) is 11.4. The Labute approximate surface area is 131 Å². The summed E-state index contributed by atoms with van der Waals surface area (Å²) in [6.45, 7) is 0. The lowest BCUT2D eigenvalue weighted by Gasteiger charge is -2.05. The zero-order valence-electron chi connectivity index (χ0n) is 12.3. The number of pyridine rings is 1. The second kappa shape index (κ2) is 5.43. The molecule has 0 radical (unpaired) electrons. The molecule has 0 aliphatic carbocycles. The summed E-state index contributed by atoms with van der Waals surface area (Å²) in [5, 5.41) is 9.50. The molecule has 0 unspecified atom stereocenters. The van der Waals surface area contributed by atoms with E-state index < -0.39 is 10.1 Å². The largest absolute Gasteiger partial charge is 0.508 e. The van der Waals surface area contributed by atoms with Crippen LogP contribution in [-0.4, -0.2) is 41.8 Å². The molecule has 2 heterocycles. The van der Waals surface area contributed by atoms with Crippen molar-refractivity contribution >= 4 is 21.3 Å². The Morgan fingerprint density at radius 2 is 1.96 bits per heavy atom. The number of H-pyrrole nitrogens is 1. The van der Waals surface area contributed by atoms with E-state index in [1.807, 2.05) is 0 Å². The summed E-state index contributed by atoms with van der Waals surface area (Å²) in [6.07, 6.45) is 0.941. The smallest absolute Gasteiger partial charge is 0.307 e. The van der Waals surface area contributed by atoms with E-state index in [1.54, 1.807) is 12.1 Å².